The minimum atomic E-state index is -0.732. The van der Waals surface area contributed by atoms with Crippen LogP contribution in [-0.2, 0) is 6.54 Å². The average Bonchev–Trinajstić information content (AvgIpc) is 3.12. The van der Waals surface area contributed by atoms with Gasteiger partial charge < -0.3 is 5.32 Å². The van der Waals surface area contributed by atoms with Crippen molar-refractivity contribution in [3.63, 3.8) is 0 Å². The Morgan fingerprint density at radius 2 is 2.28 bits per heavy atom. The normalized spacial score (nSPS) is 16.6. The Morgan fingerprint density at radius 1 is 1.56 bits per heavy atom. The lowest BCUT2D eigenvalue weighted by Crippen LogP contribution is -2.25. The Bertz CT molecular complexity index is 463. The average molecular weight is 270 g/mol. The summed E-state index contributed by atoms with van der Waals surface area (Å²) < 4.78 is 14.1. The number of nitro benzene ring substituents is 1. The van der Waals surface area contributed by atoms with E-state index < -0.39 is 16.4 Å². The fraction of sp³-hybridized carbons (Fsp3) is 0.500. The van der Waals surface area contributed by atoms with Gasteiger partial charge in [0.1, 0.15) is 0 Å². The van der Waals surface area contributed by atoms with Crippen LogP contribution in [0.5, 0.6) is 0 Å². The maximum Gasteiger partial charge on any atom is 0.305 e. The van der Waals surface area contributed by atoms with E-state index in [4.69, 9.17) is 0 Å². The topological polar surface area (TPSA) is 55.2 Å². The van der Waals surface area contributed by atoms with Crippen molar-refractivity contribution in [3.8, 4) is 0 Å². The highest BCUT2D eigenvalue weighted by Crippen LogP contribution is 2.46. The number of nitrogens with one attached hydrogen (secondary N) is 1. The van der Waals surface area contributed by atoms with Gasteiger partial charge >= 0.3 is 5.69 Å². The Morgan fingerprint density at radius 3 is 2.83 bits per heavy atom. The number of rotatable bonds is 6. The molecule has 1 aromatic carbocycles. The van der Waals surface area contributed by atoms with Crippen LogP contribution < -0.4 is 5.32 Å². The second-order valence-corrected chi connectivity index (χ2v) is 5.77. The number of nitro groups is 1. The lowest BCUT2D eigenvalue weighted by atomic mass is 10.2. The molecule has 0 bridgehead atoms. The van der Waals surface area contributed by atoms with Crippen LogP contribution in [0.1, 0.15) is 18.4 Å². The van der Waals surface area contributed by atoms with E-state index in [1.54, 1.807) is 6.07 Å². The second-order valence-electron chi connectivity index (χ2n) is 4.50. The zero-order valence-electron chi connectivity index (χ0n) is 10.1. The molecule has 4 nitrogen and oxygen atoms in total. The van der Waals surface area contributed by atoms with Crippen LogP contribution in [0.3, 0.4) is 0 Å². The van der Waals surface area contributed by atoms with Crippen molar-refractivity contribution in [1.82, 2.24) is 5.32 Å². The van der Waals surface area contributed by atoms with E-state index in [0.29, 0.717) is 16.9 Å². The van der Waals surface area contributed by atoms with E-state index in [2.05, 4.69) is 11.6 Å². The van der Waals surface area contributed by atoms with Gasteiger partial charge in [-0.15, -0.1) is 0 Å². The largest absolute Gasteiger partial charge is 0.311 e. The van der Waals surface area contributed by atoms with Crippen LogP contribution >= 0.6 is 11.8 Å². The van der Waals surface area contributed by atoms with Crippen LogP contribution in [0.2, 0.25) is 0 Å². The molecule has 1 saturated carbocycles. The van der Waals surface area contributed by atoms with Crippen molar-refractivity contribution >= 4 is 17.4 Å². The number of hydrogen-bond acceptors (Lipinski definition) is 4. The molecule has 1 N–H and O–H groups in total. The number of halogens is 1. The first-order chi connectivity index (χ1) is 8.58. The summed E-state index contributed by atoms with van der Waals surface area (Å²) in [5.41, 5.74) is -0.110. The van der Waals surface area contributed by atoms with Crippen LogP contribution in [0.25, 0.3) is 0 Å². The molecule has 98 valence electrons. The maximum absolute atomic E-state index is 13.8. The van der Waals surface area contributed by atoms with E-state index in [0.717, 1.165) is 6.54 Å². The molecule has 0 aliphatic heterocycles. The zero-order valence-corrected chi connectivity index (χ0v) is 10.9. The molecule has 1 aromatic rings. The molecule has 1 aliphatic rings. The van der Waals surface area contributed by atoms with Gasteiger partial charge in [-0.2, -0.15) is 16.2 Å². The Hall–Kier alpha value is -1.14. The standard InChI is InChI=1S/C12H15FN2O2S/c1-18-12(5-6-12)8-14-7-9-3-2-4-10(11(9)13)15(16)17/h2-4,14H,5-8H2,1H3. The van der Waals surface area contributed by atoms with Gasteiger partial charge in [-0.1, -0.05) is 12.1 Å². The summed E-state index contributed by atoms with van der Waals surface area (Å²) in [5, 5.41) is 13.8. The van der Waals surface area contributed by atoms with E-state index >= 15 is 0 Å². The molecule has 1 aliphatic carbocycles. The molecule has 2 rings (SSSR count). The van der Waals surface area contributed by atoms with Gasteiger partial charge in [0.15, 0.2) is 0 Å². The molecule has 0 heterocycles. The fourth-order valence-electron chi connectivity index (χ4n) is 1.86. The first-order valence-corrected chi connectivity index (χ1v) is 6.98. The van der Waals surface area contributed by atoms with Crippen molar-refractivity contribution in [2.45, 2.75) is 24.1 Å². The number of nitrogens with zero attached hydrogens (tertiary/aromatic N) is 1. The monoisotopic (exact) mass is 270 g/mol. The lowest BCUT2D eigenvalue weighted by Gasteiger charge is -2.13. The summed E-state index contributed by atoms with van der Waals surface area (Å²) in [6.45, 7) is 1.14. The highest BCUT2D eigenvalue weighted by molar-refractivity contribution is 8.00. The predicted molar refractivity (Wildman–Crippen MR) is 70.2 cm³/mol. The number of hydrogen-bond donors (Lipinski definition) is 1. The summed E-state index contributed by atoms with van der Waals surface area (Å²) in [4.78, 5) is 9.91. The summed E-state index contributed by atoms with van der Waals surface area (Å²) >= 11 is 1.82. The smallest absolute Gasteiger partial charge is 0.305 e. The molecule has 0 aromatic heterocycles. The van der Waals surface area contributed by atoms with Gasteiger partial charge in [-0.05, 0) is 19.1 Å². The first kappa shape index (κ1) is 13.3. The maximum atomic E-state index is 13.8. The highest BCUT2D eigenvalue weighted by Gasteiger charge is 2.41. The molecule has 18 heavy (non-hydrogen) atoms. The van der Waals surface area contributed by atoms with E-state index in [9.17, 15) is 14.5 Å². The highest BCUT2D eigenvalue weighted by atomic mass is 32.2. The van der Waals surface area contributed by atoms with Gasteiger partial charge in [0.05, 0.1) is 4.92 Å². The van der Waals surface area contributed by atoms with E-state index in [1.807, 2.05) is 11.8 Å². The van der Waals surface area contributed by atoms with Gasteiger partial charge in [-0.25, -0.2) is 0 Å². The van der Waals surface area contributed by atoms with Crippen molar-refractivity contribution in [2.75, 3.05) is 12.8 Å². The molecule has 0 spiro atoms. The van der Waals surface area contributed by atoms with Gasteiger partial charge in [0.2, 0.25) is 5.82 Å². The van der Waals surface area contributed by atoms with Crippen molar-refractivity contribution in [1.29, 1.82) is 0 Å². The Kier molecular flexibility index (Phi) is 3.87. The van der Waals surface area contributed by atoms with Crippen LogP contribution in [0, 0.1) is 15.9 Å². The van der Waals surface area contributed by atoms with Gasteiger partial charge in [0.25, 0.3) is 0 Å². The molecule has 0 unspecified atom stereocenters. The first-order valence-electron chi connectivity index (χ1n) is 5.76. The van der Waals surface area contributed by atoms with Crippen molar-refractivity contribution in [2.24, 2.45) is 0 Å². The fourth-order valence-corrected chi connectivity index (χ4v) is 2.62. The number of benzene rings is 1. The SMILES string of the molecule is CSC1(CNCc2cccc([N+](=O)[O-])c2F)CC1. The Labute approximate surface area is 109 Å². The number of thioether (sulfide) groups is 1. The minimum Gasteiger partial charge on any atom is -0.311 e. The van der Waals surface area contributed by atoms with Crippen LogP contribution in [0.15, 0.2) is 18.2 Å². The molecular weight excluding hydrogens is 255 g/mol. The van der Waals surface area contributed by atoms with Crippen molar-refractivity contribution in [3.05, 3.63) is 39.7 Å². The molecule has 0 atom stereocenters. The minimum absolute atomic E-state index is 0.303. The molecule has 0 amide bonds. The quantitative estimate of drug-likeness (QED) is 0.638. The second kappa shape index (κ2) is 5.24. The third-order valence-electron chi connectivity index (χ3n) is 3.26. The molecule has 0 radical (unpaired) electrons. The van der Waals surface area contributed by atoms with E-state index in [-0.39, 0.29) is 0 Å². The third-order valence-corrected chi connectivity index (χ3v) is 4.68. The molecular formula is C12H15FN2O2S. The van der Waals surface area contributed by atoms with E-state index in [1.165, 1.54) is 25.0 Å². The van der Waals surface area contributed by atoms with Gasteiger partial charge in [-0.3, -0.25) is 10.1 Å². The zero-order chi connectivity index (χ0) is 13.2. The van der Waals surface area contributed by atoms with Crippen LogP contribution in [-0.4, -0.2) is 22.5 Å². The summed E-state index contributed by atoms with van der Waals surface area (Å²) in [7, 11) is 0. The molecule has 6 heteroatoms. The predicted octanol–water partition coefficient (Wildman–Crippen LogP) is 2.72. The summed E-state index contributed by atoms with van der Waals surface area (Å²) in [5.74, 6) is -0.732. The Balaban J connectivity index is 1.97. The van der Waals surface area contributed by atoms with Crippen molar-refractivity contribution < 1.29 is 9.31 Å². The summed E-state index contributed by atoms with van der Waals surface area (Å²) in [6.07, 6.45) is 4.43. The van der Waals surface area contributed by atoms with Gasteiger partial charge in [0, 0.05) is 29.5 Å². The molecule has 0 saturated heterocycles. The van der Waals surface area contributed by atoms with Crippen LogP contribution in [0.4, 0.5) is 10.1 Å². The summed E-state index contributed by atoms with van der Waals surface area (Å²) in [6, 6.07) is 4.27. The lowest BCUT2D eigenvalue weighted by molar-refractivity contribution is -0.387. The third kappa shape index (κ3) is 2.81. The molecule has 1 fully saturated rings.